The van der Waals surface area contributed by atoms with Crippen LogP contribution in [0, 0.1) is 0 Å². The minimum Gasteiger partial charge on any atom is -0.481 e. The van der Waals surface area contributed by atoms with Gasteiger partial charge in [-0.3, -0.25) is 4.79 Å². The van der Waals surface area contributed by atoms with E-state index in [1.54, 1.807) is 31.2 Å². The highest BCUT2D eigenvalue weighted by atomic mass is 35.5. The van der Waals surface area contributed by atoms with Crippen LogP contribution >= 0.6 is 11.6 Å². The van der Waals surface area contributed by atoms with E-state index in [4.69, 9.17) is 16.3 Å². The highest BCUT2D eigenvalue weighted by Gasteiger charge is 2.21. The van der Waals surface area contributed by atoms with Crippen molar-refractivity contribution in [3.05, 3.63) is 53.6 Å². The summed E-state index contributed by atoms with van der Waals surface area (Å²) in [5.74, 6) is 0.440. The maximum atomic E-state index is 12.6. The molecule has 1 fully saturated rings. The van der Waals surface area contributed by atoms with Crippen LogP contribution in [-0.4, -0.2) is 49.6 Å². The van der Waals surface area contributed by atoms with Gasteiger partial charge in [-0.15, -0.1) is 0 Å². The molecule has 1 N–H and O–H groups in total. The zero-order chi connectivity index (χ0) is 19.2. The van der Waals surface area contributed by atoms with Crippen molar-refractivity contribution in [1.29, 1.82) is 0 Å². The van der Waals surface area contributed by atoms with Gasteiger partial charge < -0.3 is 19.9 Å². The van der Waals surface area contributed by atoms with E-state index >= 15 is 0 Å². The van der Waals surface area contributed by atoms with Crippen molar-refractivity contribution in [3.63, 3.8) is 0 Å². The number of ether oxygens (including phenoxy) is 1. The summed E-state index contributed by atoms with van der Waals surface area (Å²) in [6.07, 6.45) is -0.615. The number of para-hydroxylation sites is 2. The Bertz CT molecular complexity index is 758. The molecule has 5 nitrogen and oxygen atoms in total. The molecule has 3 rings (SSSR count). The van der Waals surface area contributed by atoms with Crippen molar-refractivity contribution in [3.8, 4) is 5.75 Å². The van der Waals surface area contributed by atoms with Gasteiger partial charge in [0.25, 0.3) is 5.91 Å². The maximum absolute atomic E-state index is 12.6. The molecule has 1 unspecified atom stereocenters. The molecule has 0 radical (unpaired) electrons. The molecule has 0 bridgehead atoms. The van der Waals surface area contributed by atoms with E-state index in [0.29, 0.717) is 10.8 Å². The summed E-state index contributed by atoms with van der Waals surface area (Å²) < 4.78 is 5.73. The van der Waals surface area contributed by atoms with Gasteiger partial charge in [-0.05, 0) is 49.9 Å². The summed E-state index contributed by atoms with van der Waals surface area (Å²) in [4.78, 5) is 17.4. The third-order valence-corrected chi connectivity index (χ3v) is 5.07. The summed E-state index contributed by atoms with van der Waals surface area (Å²) in [6.45, 7) is 8.99. The molecule has 1 atom stereocenters. The second kappa shape index (κ2) is 9.11. The lowest BCUT2D eigenvalue weighted by atomic mass is 10.2. The largest absolute Gasteiger partial charge is 0.481 e. The zero-order valence-electron chi connectivity index (χ0n) is 15.8. The van der Waals surface area contributed by atoms with Gasteiger partial charge in [-0.1, -0.05) is 30.7 Å². The van der Waals surface area contributed by atoms with Gasteiger partial charge in [-0.2, -0.15) is 0 Å². The molecule has 1 aliphatic rings. The molecule has 2 aromatic carbocycles. The number of rotatable bonds is 6. The Morgan fingerprint density at radius 3 is 2.44 bits per heavy atom. The van der Waals surface area contributed by atoms with Crippen LogP contribution in [0.2, 0.25) is 5.02 Å². The number of benzene rings is 2. The van der Waals surface area contributed by atoms with Crippen LogP contribution in [-0.2, 0) is 4.79 Å². The van der Waals surface area contributed by atoms with Crippen LogP contribution in [0.3, 0.4) is 0 Å². The number of halogens is 1. The number of likely N-dealkylation sites (N-methyl/N-ethyl adjacent to an activating group) is 1. The van der Waals surface area contributed by atoms with Crippen molar-refractivity contribution < 1.29 is 9.53 Å². The fourth-order valence-corrected chi connectivity index (χ4v) is 3.29. The molecule has 144 valence electrons. The Morgan fingerprint density at radius 2 is 1.78 bits per heavy atom. The first kappa shape index (κ1) is 19.5. The molecule has 0 aliphatic carbocycles. The molecule has 0 aromatic heterocycles. The van der Waals surface area contributed by atoms with Crippen LogP contribution in [0.4, 0.5) is 11.4 Å². The molecular weight excluding hydrogens is 362 g/mol. The topological polar surface area (TPSA) is 44.8 Å². The lowest BCUT2D eigenvalue weighted by Crippen LogP contribution is -2.46. The van der Waals surface area contributed by atoms with Gasteiger partial charge in [0.15, 0.2) is 6.10 Å². The fourth-order valence-electron chi connectivity index (χ4n) is 3.17. The van der Waals surface area contributed by atoms with Crippen LogP contribution < -0.4 is 15.0 Å². The van der Waals surface area contributed by atoms with Crippen LogP contribution in [0.5, 0.6) is 5.75 Å². The SMILES string of the molecule is CCN1CCN(c2ccccc2NC(=O)C(C)Oc2ccc(Cl)cc2)CC1. The van der Waals surface area contributed by atoms with Gasteiger partial charge in [0.2, 0.25) is 0 Å². The molecule has 27 heavy (non-hydrogen) atoms. The maximum Gasteiger partial charge on any atom is 0.265 e. The summed E-state index contributed by atoms with van der Waals surface area (Å²) in [7, 11) is 0. The Labute approximate surface area is 165 Å². The molecule has 0 spiro atoms. The van der Waals surface area contributed by atoms with Gasteiger partial charge in [0, 0.05) is 31.2 Å². The van der Waals surface area contributed by atoms with Gasteiger partial charge in [0.1, 0.15) is 5.75 Å². The van der Waals surface area contributed by atoms with E-state index < -0.39 is 6.10 Å². The molecule has 1 aliphatic heterocycles. The Hall–Kier alpha value is -2.24. The zero-order valence-corrected chi connectivity index (χ0v) is 16.6. The number of piperazine rings is 1. The van der Waals surface area contributed by atoms with Gasteiger partial charge in [-0.25, -0.2) is 0 Å². The van der Waals surface area contributed by atoms with E-state index in [1.807, 2.05) is 18.2 Å². The lowest BCUT2D eigenvalue weighted by Gasteiger charge is -2.36. The highest BCUT2D eigenvalue weighted by Crippen LogP contribution is 2.27. The summed E-state index contributed by atoms with van der Waals surface area (Å²) >= 11 is 5.89. The average Bonchev–Trinajstić information content (AvgIpc) is 2.70. The minimum absolute atomic E-state index is 0.176. The predicted molar refractivity (Wildman–Crippen MR) is 111 cm³/mol. The van der Waals surface area contributed by atoms with E-state index in [9.17, 15) is 4.79 Å². The van der Waals surface area contributed by atoms with Crippen molar-refractivity contribution >= 4 is 28.9 Å². The van der Waals surface area contributed by atoms with Gasteiger partial charge >= 0.3 is 0 Å². The quantitative estimate of drug-likeness (QED) is 0.816. The fraction of sp³-hybridized carbons (Fsp3) is 0.381. The Kier molecular flexibility index (Phi) is 6.58. The molecule has 1 amide bonds. The first-order chi connectivity index (χ1) is 13.1. The molecular formula is C21H26ClN3O2. The standard InChI is InChI=1S/C21H26ClN3O2/c1-3-24-12-14-25(15-13-24)20-7-5-4-6-19(20)23-21(26)16(2)27-18-10-8-17(22)9-11-18/h4-11,16H,3,12-15H2,1-2H3,(H,23,26). The van der Waals surface area contributed by atoms with Crippen molar-refractivity contribution in [2.24, 2.45) is 0 Å². The lowest BCUT2D eigenvalue weighted by molar-refractivity contribution is -0.122. The number of nitrogens with one attached hydrogen (secondary N) is 1. The van der Waals surface area contributed by atoms with Crippen molar-refractivity contribution in [2.45, 2.75) is 20.0 Å². The first-order valence-corrected chi connectivity index (χ1v) is 9.74. The van der Waals surface area contributed by atoms with Gasteiger partial charge in [0.05, 0.1) is 11.4 Å². The molecule has 2 aromatic rings. The number of hydrogen-bond acceptors (Lipinski definition) is 4. The van der Waals surface area contributed by atoms with Crippen molar-refractivity contribution in [1.82, 2.24) is 4.90 Å². The third kappa shape index (κ3) is 5.15. The third-order valence-electron chi connectivity index (χ3n) is 4.82. The van der Waals surface area contributed by atoms with E-state index in [1.165, 1.54) is 0 Å². The Morgan fingerprint density at radius 1 is 1.11 bits per heavy atom. The summed E-state index contributed by atoms with van der Waals surface area (Å²) in [6, 6.07) is 14.9. The number of anilines is 2. The molecule has 1 saturated heterocycles. The van der Waals surface area contributed by atoms with Crippen LogP contribution in [0.1, 0.15) is 13.8 Å². The smallest absolute Gasteiger partial charge is 0.265 e. The summed E-state index contributed by atoms with van der Waals surface area (Å²) in [5.41, 5.74) is 1.87. The normalized spacial score (nSPS) is 16.0. The first-order valence-electron chi connectivity index (χ1n) is 9.36. The predicted octanol–water partition coefficient (Wildman–Crippen LogP) is 3.89. The monoisotopic (exact) mass is 387 g/mol. The van der Waals surface area contributed by atoms with E-state index in [2.05, 4.69) is 28.1 Å². The number of hydrogen-bond donors (Lipinski definition) is 1. The highest BCUT2D eigenvalue weighted by molar-refractivity contribution is 6.30. The van der Waals surface area contributed by atoms with Crippen LogP contribution in [0.15, 0.2) is 48.5 Å². The number of carbonyl (C=O) groups excluding carboxylic acids is 1. The van der Waals surface area contributed by atoms with E-state index in [-0.39, 0.29) is 5.91 Å². The van der Waals surface area contributed by atoms with Crippen LogP contribution in [0.25, 0.3) is 0 Å². The minimum atomic E-state index is -0.615. The molecule has 0 saturated carbocycles. The number of carbonyl (C=O) groups is 1. The summed E-state index contributed by atoms with van der Waals surface area (Å²) in [5, 5.41) is 3.65. The molecule has 1 heterocycles. The average molecular weight is 388 g/mol. The van der Waals surface area contributed by atoms with E-state index in [0.717, 1.165) is 44.1 Å². The van der Waals surface area contributed by atoms with Crippen molar-refractivity contribution in [2.75, 3.05) is 42.9 Å². The number of amides is 1. The second-order valence-electron chi connectivity index (χ2n) is 6.64. The second-order valence-corrected chi connectivity index (χ2v) is 7.08. The number of nitrogens with zero attached hydrogens (tertiary/aromatic N) is 2. The Balaban J connectivity index is 1.64. The molecule has 6 heteroatoms.